The number of ether oxygens (including phenoxy) is 2. The first kappa shape index (κ1) is 15.0. The first-order valence-electron chi connectivity index (χ1n) is 9.01. The van der Waals surface area contributed by atoms with E-state index in [9.17, 15) is 4.39 Å². The lowest BCUT2D eigenvalue weighted by Gasteiger charge is -2.20. The quantitative estimate of drug-likeness (QED) is 0.840. The lowest BCUT2D eigenvalue weighted by Crippen LogP contribution is -2.38. The Morgan fingerprint density at radius 2 is 2.19 bits per heavy atom. The van der Waals surface area contributed by atoms with E-state index in [1.807, 2.05) is 0 Å². The summed E-state index contributed by atoms with van der Waals surface area (Å²) in [6.45, 7) is 1.18. The van der Waals surface area contributed by atoms with Crippen LogP contribution in [0.25, 0.3) is 11.3 Å². The maximum Gasteiger partial charge on any atom is 0.289 e. The molecule has 1 unspecified atom stereocenters. The largest absolute Gasteiger partial charge is 0.488 e. The number of aromatic nitrogens is 1. The molecule has 1 aromatic heterocycles. The van der Waals surface area contributed by atoms with Gasteiger partial charge in [-0.05, 0) is 35.9 Å². The minimum absolute atomic E-state index is 0.0662. The molecule has 0 bridgehead atoms. The van der Waals surface area contributed by atoms with Crippen molar-refractivity contribution in [2.24, 2.45) is 4.99 Å². The fraction of sp³-hybridized carbons (Fsp3) is 0.238. The van der Waals surface area contributed by atoms with Crippen LogP contribution < -0.4 is 4.74 Å². The lowest BCUT2D eigenvalue weighted by atomic mass is 10.1. The van der Waals surface area contributed by atoms with Gasteiger partial charge in [-0.3, -0.25) is 4.98 Å². The highest BCUT2D eigenvalue weighted by Crippen LogP contribution is 2.53. The van der Waals surface area contributed by atoms with Crippen molar-refractivity contribution in [2.45, 2.75) is 17.7 Å². The summed E-state index contributed by atoms with van der Waals surface area (Å²) in [7, 11) is 0. The molecule has 2 aromatic rings. The Hall–Kier alpha value is -3.15. The Balaban J connectivity index is 1.11. The molecule has 5 nitrogen and oxygen atoms in total. The van der Waals surface area contributed by atoms with E-state index < -0.39 is 0 Å². The zero-order valence-electron chi connectivity index (χ0n) is 14.4. The summed E-state index contributed by atoms with van der Waals surface area (Å²) in [5.41, 5.74) is 2.24. The number of halogens is 1. The summed E-state index contributed by atoms with van der Waals surface area (Å²) in [5.74, 6) is 0.350. The van der Waals surface area contributed by atoms with Crippen LogP contribution in [0, 0.1) is 5.82 Å². The van der Waals surface area contributed by atoms with Gasteiger partial charge in [0.1, 0.15) is 23.7 Å². The van der Waals surface area contributed by atoms with Gasteiger partial charge < -0.3 is 14.4 Å². The fourth-order valence-electron chi connectivity index (χ4n) is 4.09. The van der Waals surface area contributed by atoms with Gasteiger partial charge in [-0.25, -0.2) is 9.38 Å². The van der Waals surface area contributed by atoms with Crippen LogP contribution in [0.1, 0.15) is 0 Å². The van der Waals surface area contributed by atoms with E-state index in [4.69, 9.17) is 14.5 Å². The average Bonchev–Trinajstić information content (AvgIpc) is 2.95. The van der Waals surface area contributed by atoms with Crippen molar-refractivity contribution in [1.82, 2.24) is 9.88 Å². The third-order valence-electron chi connectivity index (χ3n) is 5.52. The Labute approximate surface area is 155 Å². The van der Waals surface area contributed by atoms with Crippen molar-refractivity contribution in [2.75, 3.05) is 13.2 Å². The molecule has 27 heavy (non-hydrogen) atoms. The van der Waals surface area contributed by atoms with E-state index in [2.05, 4.69) is 28.1 Å². The Morgan fingerprint density at radius 3 is 3.00 bits per heavy atom. The first-order chi connectivity index (χ1) is 13.2. The van der Waals surface area contributed by atoms with Gasteiger partial charge >= 0.3 is 0 Å². The molecule has 0 radical (unpaired) electrons. The maximum atomic E-state index is 13.9. The number of fused-ring (bicyclic) bond motifs is 2. The molecule has 6 heteroatoms. The molecule has 0 N–H and O–H groups in total. The van der Waals surface area contributed by atoms with Crippen LogP contribution in [-0.4, -0.2) is 46.7 Å². The van der Waals surface area contributed by atoms with Gasteiger partial charge in [0.05, 0.1) is 24.5 Å². The van der Waals surface area contributed by atoms with Gasteiger partial charge in [-0.2, -0.15) is 0 Å². The van der Waals surface area contributed by atoms with Crippen LogP contribution in [0.3, 0.4) is 0 Å². The minimum Gasteiger partial charge on any atom is -0.488 e. The Bertz CT molecular complexity index is 1030. The highest BCUT2D eigenvalue weighted by atomic mass is 19.1. The number of rotatable bonds is 4. The van der Waals surface area contributed by atoms with E-state index in [1.165, 1.54) is 11.6 Å². The molecule has 0 amide bonds. The first-order valence-corrected chi connectivity index (χ1v) is 9.01. The second kappa shape index (κ2) is 5.19. The highest BCUT2D eigenvalue weighted by Gasteiger charge is 2.61. The normalized spacial score (nSPS) is 28.9. The van der Waals surface area contributed by atoms with Crippen molar-refractivity contribution >= 4 is 6.02 Å². The highest BCUT2D eigenvalue weighted by molar-refractivity contribution is 5.85. The van der Waals surface area contributed by atoms with Crippen LogP contribution in [0.2, 0.25) is 0 Å². The molecular formula is C21H16FN3O2. The SMILES string of the molecule is Fc1ccccc1-c1ccc(OC[C@@H]2CN3C(=N[C@]45C=C4C=CC35)O2)cn1. The van der Waals surface area contributed by atoms with Crippen LogP contribution in [0.5, 0.6) is 5.75 Å². The molecule has 4 aliphatic rings. The lowest BCUT2D eigenvalue weighted by molar-refractivity contribution is 0.142. The Morgan fingerprint density at radius 1 is 1.26 bits per heavy atom. The molecule has 1 saturated heterocycles. The van der Waals surface area contributed by atoms with E-state index in [0.717, 1.165) is 12.6 Å². The smallest absolute Gasteiger partial charge is 0.289 e. The Kier molecular flexibility index (Phi) is 2.88. The molecule has 134 valence electrons. The van der Waals surface area contributed by atoms with Gasteiger partial charge in [0, 0.05) is 5.56 Å². The number of pyridine rings is 1. The molecule has 1 spiro atoms. The standard InChI is InChI=1S/C21H16FN3O2/c22-17-4-2-1-3-16(17)18-7-6-14(10-23-18)26-12-15-11-25-19-8-5-13-9-21(13,19)24-20(25)27-15/h1-10,15,19H,11-12H2/t15-,19?,21+/m0/s1. The van der Waals surface area contributed by atoms with E-state index in [0.29, 0.717) is 23.6 Å². The second-order valence-electron chi connectivity index (χ2n) is 7.19. The van der Waals surface area contributed by atoms with Crippen molar-refractivity contribution in [1.29, 1.82) is 0 Å². The number of hydrogen-bond acceptors (Lipinski definition) is 5. The van der Waals surface area contributed by atoms with Gasteiger partial charge in [-0.1, -0.05) is 24.3 Å². The van der Waals surface area contributed by atoms with Gasteiger partial charge in [0.25, 0.3) is 6.02 Å². The predicted molar refractivity (Wildman–Crippen MR) is 97.9 cm³/mol. The third kappa shape index (κ3) is 2.16. The van der Waals surface area contributed by atoms with Crippen LogP contribution in [-0.2, 0) is 4.74 Å². The van der Waals surface area contributed by atoms with Crippen LogP contribution in [0.15, 0.2) is 71.4 Å². The summed E-state index contributed by atoms with van der Waals surface area (Å²) in [6, 6.07) is 11.2. The molecule has 3 heterocycles. The van der Waals surface area contributed by atoms with E-state index >= 15 is 0 Å². The van der Waals surface area contributed by atoms with Crippen molar-refractivity contribution in [3.05, 3.63) is 72.2 Å². The number of amidine groups is 1. The summed E-state index contributed by atoms with van der Waals surface area (Å²) < 4.78 is 25.6. The van der Waals surface area contributed by atoms with Crippen LogP contribution in [0.4, 0.5) is 4.39 Å². The third-order valence-corrected chi connectivity index (χ3v) is 5.52. The summed E-state index contributed by atoms with van der Waals surface area (Å²) in [5, 5.41) is 0. The number of nitrogens with zero attached hydrogens (tertiary/aromatic N) is 3. The molecule has 2 aliphatic carbocycles. The molecule has 1 fully saturated rings. The zero-order chi connectivity index (χ0) is 18.0. The van der Waals surface area contributed by atoms with E-state index in [-0.39, 0.29) is 23.5 Å². The number of hydrogen-bond donors (Lipinski definition) is 0. The number of aliphatic imine (C=N–C) groups is 1. The van der Waals surface area contributed by atoms with Gasteiger partial charge in [0.15, 0.2) is 6.10 Å². The molecular weight excluding hydrogens is 345 g/mol. The monoisotopic (exact) mass is 361 g/mol. The summed E-state index contributed by atoms with van der Waals surface area (Å²) in [6.07, 6.45) is 8.09. The topological polar surface area (TPSA) is 47.0 Å². The van der Waals surface area contributed by atoms with Crippen molar-refractivity contribution in [3.8, 4) is 17.0 Å². The number of benzene rings is 1. The molecule has 0 saturated carbocycles. The van der Waals surface area contributed by atoms with E-state index in [1.54, 1.807) is 36.5 Å². The zero-order valence-corrected chi connectivity index (χ0v) is 14.4. The maximum absolute atomic E-state index is 13.9. The molecule has 1 aromatic carbocycles. The summed E-state index contributed by atoms with van der Waals surface area (Å²) in [4.78, 5) is 11.3. The van der Waals surface area contributed by atoms with Gasteiger partial charge in [-0.15, -0.1) is 0 Å². The molecule has 3 atom stereocenters. The summed E-state index contributed by atoms with van der Waals surface area (Å²) >= 11 is 0. The predicted octanol–water partition coefficient (Wildman–Crippen LogP) is 2.95. The second-order valence-corrected chi connectivity index (χ2v) is 7.19. The minimum atomic E-state index is -0.286. The van der Waals surface area contributed by atoms with Crippen molar-refractivity contribution < 1.29 is 13.9 Å². The van der Waals surface area contributed by atoms with Crippen molar-refractivity contribution in [3.63, 3.8) is 0 Å². The molecule has 6 rings (SSSR count). The van der Waals surface area contributed by atoms with Crippen LogP contribution >= 0.6 is 0 Å². The van der Waals surface area contributed by atoms with Gasteiger partial charge in [0.2, 0.25) is 0 Å². The average molecular weight is 361 g/mol. The fourth-order valence-corrected chi connectivity index (χ4v) is 4.09. The molecule has 2 aliphatic heterocycles.